The summed E-state index contributed by atoms with van der Waals surface area (Å²) in [6.45, 7) is 2.16. The highest BCUT2D eigenvalue weighted by Gasteiger charge is 2.30. The van der Waals surface area contributed by atoms with Crippen LogP contribution in [-0.2, 0) is 14.8 Å². The lowest BCUT2D eigenvalue weighted by Gasteiger charge is -2.19. The molecule has 1 aromatic carbocycles. The average molecular weight is 326 g/mol. The van der Waals surface area contributed by atoms with Crippen molar-refractivity contribution in [1.29, 1.82) is 0 Å². The number of rotatable bonds is 5. The fourth-order valence-electron chi connectivity index (χ4n) is 2.88. The number of nitrogens with one attached hydrogen (secondary N) is 1. The predicted molar refractivity (Wildman–Crippen MR) is 83.0 cm³/mol. The number of benzene rings is 1. The van der Waals surface area contributed by atoms with E-state index in [4.69, 9.17) is 5.73 Å². The molecule has 1 saturated carbocycles. The number of hydrogen-bond donors (Lipinski definition) is 2. The fourth-order valence-corrected chi connectivity index (χ4v) is 4.31. The molecule has 6 nitrogen and oxygen atoms in total. The summed E-state index contributed by atoms with van der Waals surface area (Å²) < 4.78 is 32.4. The van der Waals surface area contributed by atoms with E-state index in [0.29, 0.717) is 17.7 Å². The number of methoxy groups -OCH3 is 1. The summed E-state index contributed by atoms with van der Waals surface area (Å²) in [5.74, 6) is -0.293. The third kappa shape index (κ3) is 3.48. The Bertz CT molecular complexity index is 658. The molecule has 2 rings (SSSR count). The molecule has 3 N–H and O–H groups in total. The summed E-state index contributed by atoms with van der Waals surface area (Å²) in [5, 5.41) is 0. The molecule has 1 aliphatic carbocycles. The van der Waals surface area contributed by atoms with Crippen LogP contribution in [-0.4, -0.2) is 34.1 Å². The van der Waals surface area contributed by atoms with Gasteiger partial charge >= 0.3 is 5.97 Å². The van der Waals surface area contributed by atoms with Gasteiger partial charge in [-0.05, 0) is 56.0 Å². The van der Waals surface area contributed by atoms with E-state index >= 15 is 0 Å². The van der Waals surface area contributed by atoms with Gasteiger partial charge in [0.25, 0.3) is 0 Å². The molecule has 7 heteroatoms. The van der Waals surface area contributed by atoms with Gasteiger partial charge < -0.3 is 10.5 Å². The summed E-state index contributed by atoms with van der Waals surface area (Å²) in [6.07, 6.45) is 2.74. The van der Waals surface area contributed by atoms with Crippen LogP contribution in [0.1, 0.15) is 35.2 Å². The molecule has 0 bridgehead atoms. The number of esters is 1. The van der Waals surface area contributed by atoms with Gasteiger partial charge in [0, 0.05) is 6.04 Å². The fraction of sp³-hybridized carbons (Fsp3) is 0.533. The number of nitrogens with two attached hydrogens (primary N) is 1. The highest BCUT2D eigenvalue weighted by Crippen LogP contribution is 2.26. The maximum Gasteiger partial charge on any atom is 0.338 e. The first kappa shape index (κ1) is 16.9. The largest absolute Gasteiger partial charge is 0.465 e. The molecule has 122 valence electrons. The van der Waals surface area contributed by atoms with E-state index in [1.165, 1.54) is 25.3 Å². The van der Waals surface area contributed by atoms with Gasteiger partial charge in [0.15, 0.2) is 0 Å². The lowest BCUT2D eigenvalue weighted by atomic mass is 10.1. The average Bonchev–Trinajstić information content (AvgIpc) is 2.92. The van der Waals surface area contributed by atoms with Crippen molar-refractivity contribution in [2.24, 2.45) is 11.7 Å². The standard InChI is InChI=1S/C15H22N2O4S/c1-10-8-12(6-7-13(10)15(18)21-2)22(19,20)17-14-5-3-4-11(14)9-16/h6-8,11,14,17H,3-5,9,16H2,1-2H3. The molecule has 0 saturated heterocycles. The number of aryl methyl sites for hydroxylation is 1. The van der Waals surface area contributed by atoms with Crippen LogP contribution in [0.5, 0.6) is 0 Å². The van der Waals surface area contributed by atoms with E-state index in [1.54, 1.807) is 6.92 Å². The monoisotopic (exact) mass is 326 g/mol. The molecule has 0 heterocycles. The number of ether oxygens (including phenoxy) is 1. The number of carbonyl (C=O) groups is 1. The van der Waals surface area contributed by atoms with Crippen LogP contribution in [0.15, 0.2) is 23.1 Å². The van der Waals surface area contributed by atoms with Gasteiger partial charge in [0.2, 0.25) is 10.0 Å². The normalized spacial score (nSPS) is 21.8. The first-order chi connectivity index (χ1) is 10.4. The smallest absolute Gasteiger partial charge is 0.338 e. The maximum absolute atomic E-state index is 12.5. The molecular formula is C15H22N2O4S. The van der Waals surface area contributed by atoms with Crippen molar-refractivity contribution in [3.05, 3.63) is 29.3 Å². The Hall–Kier alpha value is -1.44. The minimum Gasteiger partial charge on any atom is -0.465 e. The van der Waals surface area contributed by atoms with Crippen molar-refractivity contribution in [3.8, 4) is 0 Å². The second-order valence-electron chi connectivity index (χ2n) is 5.62. The minimum absolute atomic E-state index is 0.115. The Balaban J connectivity index is 2.23. The molecule has 1 fully saturated rings. The predicted octanol–water partition coefficient (Wildman–Crippen LogP) is 1.19. The van der Waals surface area contributed by atoms with E-state index in [0.717, 1.165) is 19.3 Å². The molecule has 0 spiro atoms. The summed E-state index contributed by atoms with van der Waals surface area (Å²) in [7, 11) is -2.32. The molecule has 0 radical (unpaired) electrons. The maximum atomic E-state index is 12.5. The molecule has 1 aromatic rings. The molecule has 2 unspecified atom stereocenters. The lowest BCUT2D eigenvalue weighted by molar-refractivity contribution is 0.0600. The van der Waals surface area contributed by atoms with Crippen molar-refractivity contribution >= 4 is 16.0 Å². The van der Waals surface area contributed by atoms with E-state index in [9.17, 15) is 13.2 Å². The second kappa shape index (κ2) is 6.76. The van der Waals surface area contributed by atoms with E-state index < -0.39 is 16.0 Å². The van der Waals surface area contributed by atoms with Crippen LogP contribution in [0, 0.1) is 12.8 Å². The molecule has 0 aliphatic heterocycles. The van der Waals surface area contributed by atoms with Crippen molar-refractivity contribution < 1.29 is 17.9 Å². The van der Waals surface area contributed by atoms with Gasteiger partial charge in [0.05, 0.1) is 17.6 Å². The van der Waals surface area contributed by atoms with Crippen LogP contribution in [0.25, 0.3) is 0 Å². The Labute approximate surface area is 131 Å². The highest BCUT2D eigenvalue weighted by molar-refractivity contribution is 7.89. The van der Waals surface area contributed by atoms with Gasteiger partial charge in [-0.2, -0.15) is 0 Å². The van der Waals surface area contributed by atoms with Gasteiger partial charge in [0.1, 0.15) is 0 Å². The van der Waals surface area contributed by atoms with E-state index in [1.807, 2.05) is 0 Å². The van der Waals surface area contributed by atoms with Gasteiger partial charge in [-0.15, -0.1) is 0 Å². The number of carbonyl (C=O) groups excluding carboxylic acids is 1. The molecular weight excluding hydrogens is 304 g/mol. The lowest BCUT2D eigenvalue weighted by Crippen LogP contribution is -2.39. The molecule has 1 aliphatic rings. The topological polar surface area (TPSA) is 98.5 Å². The zero-order valence-corrected chi connectivity index (χ0v) is 13.7. The van der Waals surface area contributed by atoms with Crippen molar-refractivity contribution in [3.63, 3.8) is 0 Å². The number of sulfonamides is 1. The first-order valence-electron chi connectivity index (χ1n) is 7.30. The third-order valence-corrected chi connectivity index (χ3v) is 5.67. The summed E-state index contributed by atoms with van der Waals surface area (Å²) in [6, 6.07) is 4.27. The van der Waals surface area contributed by atoms with E-state index in [2.05, 4.69) is 9.46 Å². The first-order valence-corrected chi connectivity index (χ1v) is 8.78. The van der Waals surface area contributed by atoms with Gasteiger partial charge in [-0.1, -0.05) is 6.42 Å². The van der Waals surface area contributed by atoms with Crippen LogP contribution in [0.3, 0.4) is 0 Å². The quantitative estimate of drug-likeness (QED) is 0.792. The Morgan fingerprint density at radius 3 is 2.73 bits per heavy atom. The SMILES string of the molecule is COC(=O)c1ccc(S(=O)(=O)NC2CCCC2CN)cc1C. The van der Waals surface area contributed by atoms with Gasteiger partial charge in [-0.25, -0.2) is 17.9 Å². The summed E-state index contributed by atoms with van der Waals surface area (Å²) in [4.78, 5) is 11.7. The highest BCUT2D eigenvalue weighted by atomic mass is 32.2. The van der Waals surface area contributed by atoms with Crippen LogP contribution >= 0.6 is 0 Å². The van der Waals surface area contributed by atoms with Gasteiger partial charge in [-0.3, -0.25) is 0 Å². The molecule has 22 heavy (non-hydrogen) atoms. The minimum atomic E-state index is -3.62. The molecule has 0 aromatic heterocycles. The zero-order valence-electron chi connectivity index (χ0n) is 12.8. The zero-order chi connectivity index (χ0) is 16.3. The summed E-state index contributed by atoms with van der Waals surface area (Å²) >= 11 is 0. The van der Waals surface area contributed by atoms with Crippen molar-refractivity contribution in [1.82, 2.24) is 4.72 Å². The third-order valence-electron chi connectivity index (χ3n) is 4.18. The van der Waals surface area contributed by atoms with Crippen molar-refractivity contribution in [2.45, 2.75) is 37.1 Å². The molecule has 2 atom stereocenters. The van der Waals surface area contributed by atoms with Crippen LogP contribution in [0.4, 0.5) is 0 Å². The van der Waals surface area contributed by atoms with Crippen molar-refractivity contribution in [2.75, 3.05) is 13.7 Å². The Morgan fingerprint density at radius 2 is 2.14 bits per heavy atom. The number of hydrogen-bond acceptors (Lipinski definition) is 5. The van der Waals surface area contributed by atoms with Crippen LogP contribution < -0.4 is 10.5 Å². The Morgan fingerprint density at radius 1 is 1.41 bits per heavy atom. The van der Waals surface area contributed by atoms with E-state index in [-0.39, 0.29) is 16.9 Å². The summed E-state index contributed by atoms with van der Waals surface area (Å²) in [5.41, 5.74) is 6.62. The second-order valence-corrected chi connectivity index (χ2v) is 7.34. The molecule has 0 amide bonds. The Kier molecular flexibility index (Phi) is 5.20. The van der Waals surface area contributed by atoms with Crippen LogP contribution in [0.2, 0.25) is 0 Å².